The van der Waals surface area contributed by atoms with Crippen molar-refractivity contribution in [3.8, 4) is 0 Å². The van der Waals surface area contributed by atoms with Crippen molar-refractivity contribution in [3.63, 3.8) is 0 Å². The van der Waals surface area contributed by atoms with E-state index < -0.39 is 11.6 Å². The zero-order valence-electron chi connectivity index (χ0n) is 9.01. The van der Waals surface area contributed by atoms with Gasteiger partial charge < -0.3 is 0 Å². The van der Waals surface area contributed by atoms with Gasteiger partial charge >= 0.3 is 0 Å². The second-order valence-electron chi connectivity index (χ2n) is 4.09. The van der Waals surface area contributed by atoms with Gasteiger partial charge in [-0.1, -0.05) is 18.9 Å². The molecular formula is C12H15F2NO. The summed E-state index contributed by atoms with van der Waals surface area (Å²) in [5, 5.41) is 0. The Labute approximate surface area is 93.6 Å². The quantitative estimate of drug-likeness (QED) is 0.798. The van der Waals surface area contributed by atoms with Gasteiger partial charge in [-0.3, -0.25) is 4.84 Å². The van der Waals surface area contributed by atoms with E-state index in [2.05, 4.69) is 5.48 Å². The molecule has 0 aromatic heterocycles. The van der Waals surface area contributed by atoms with E-state index in [0.717, 1.165) is 18.9 Å². The van der Waals surface area contributed by atoms with Crippen molar-refractivity contribution in [3.05, 3.63) is 35.4 Å². The van der Waals surface area contributed by atoms with Crippen molar-refractivity contribution >= 4 is 0 Å². The molecule has 1 fully saturated rings. The van der Waals surface area contributed by atoms with E-state index in [1.807, 2.05) is 0 Å². The lowest BCUT2D eigenvalue weighted by Gasteiger charge is -2.11. The largest absolute Gasteiger partial charge is 0.298 e. The summed E-state index contributed by atoms with van der Waals surface area (Å²) in [5.41, 5.74) is 3.48. The molecule has 1 aliphatic carbocycles. The first kappa shape index (κ1) is 11.5. The highest BCUT2D eigenvalue weighted by atomic mass is 19.2. The SMILES string of the molecule is Fc1ccc(CNOC2CCCC2)cc1F. The molecular weight excluding hydrogens is 212 g/mol. The average molecular weight is 227 g/mol. The third-order valence-electron chi connectivity index (χ3n) is 2.81. The second kappa shape index (κ2) is 5.37. The Morgan fingerprint density at radius 3 is 2.62 bits per heavy atom. The Bertz CT molecular complexity index is 351. The molecule has 2 nitrogen and oxygen atoms in total. The maximum Gasteiger partial charge on any atom is 0.159 e. The number of halogens is 2. The molecule has 0 saturated heterocycles. The fraction of sp³-hybridized carbons (Fsp3) is 0.500. The summed E-state index contributed by atoms with van der Waals surface area (Å²) in [6.07, 6.45) is 4.83. The molecule has 0 atom stereocenters. The molecule has 16 heavy (non-hydrogen) atoms. The molecule has 0 spiro atoms. The normalized spacial score (nSPS) is 16.9. The fourth-order valence-corrected chi connectivity index (χ4v) is 1.90. The molecule has 0 aliphatic heterocycles. The van der Waals surface area contributed by atoms with Crippen LogP contribution in [0.25, 0.3) is 0 Å². The number of hydrogen-bond acceptors (Lipinski definition) is 2. The van der Waals surface area contributed by atoms with E-state index in [-0.39, 0.29) is 6.10 Å². The van der Waals surface area contributed by atoms with Gasteiger partial charge in [-0.15, -0.1) is 0 Å². The Kier molecular flexibility index (Phi) is 3.85. The van der Waals surface area contributed by atoms with Gasteiger partial charge in [-0.25, -0.2) is 8.78 Å². The Hall–Kier alpha value is -1.00. The molecule has 4 heteroatoms. The highest BCUT2D eigenvalue weighted by molar-refractivity contribution is 5.17. The summed E-state index contributed by atoms with van der Waals surface area (Å²) in [6.45, 7) is 0.397. The fourth-order valence-electron chi connectivity index (χ4n) is 1.90. The van der Waals surface area contributed by atoms with Crippen molar-refractivity contribution in [2.45, 2.75) is 38.3 Å². The van der Waals surface area contributed by atoms with Gasteiger partial charge in [0.1, 0.15) is 0 Å². The van der Waals surface area contributed by atoms with Crippen LogP contribution in [0.3, 0.4) is 0 Å². The monoisotopic (exact) mass is 227 g/mol. The summed E-state index contributed by atoms with van der Waals surface area (Å²) in [5.74, 6) is -1.64. The van der Waals surface area contributed by atoms with Crippen LogP contribution in [0.2, 0.25) is 0 Å². The summed E-state index contributed by atoms with van der Waals surface area (Å²) in [6, 6.07) is 3.85. The highest BCUT2D eigenvalue weighted by Gasteiger charge is 2.15. The molecule has 0 unspecified atom stereocenters. The summed E-state index contributed by atoms with van der Waals surface area (Å²) in [4.78, 5) is 5.41. The van der Waals surface area contributed by atoms with Gasteiger partial charge in [0.2, 0.25) is 0 Å². The van der Waals surface area contributed by atoms with Crippen molar-refractivity contribution in [1.29, 1.82) is 0 Å². The number of benzene rings is 1. The summed E-state index contributed by atoms with van der Waals surface area (Å²) in [7, 11) is 0. The molecule has 88 valence electrons. The first-order valence-electron chi connectivity index (χ1n) is 5.58. The summed E-state index contributed by atoms with van der Waals surface area (Å²) >= 11 is 0. The lowest BCUT2D eigenvalue weighted by atomic mass is 10.2. The molecule has 2 rings (SSSR count). The Morgan fingerprint density at radius 2 is 1.94 bits per heavy atom. The minimum Gasteiger partial charge on any atom is -0.298 e. The van der Waals surface area contributed by atoms with Crippen molar-refractivity contribution in [2.75, 3.05) is 0 Å². The smallest absolute Gasteiger partial charge is 0.159 e. The van der Waals surface area contributed by atoms with Gasteiger partial charge in [0.25, 0.3) is 0 Å². The Morgan fingerprint density at radius 1 is 1.19 bits per heavy atom. The average Bonchev–Trinajstić information content (AvgIpc) is 2.76. The van der Waals surface area contributed by atoms with Crippen molar-refractivity contribution in [1.82, 2.24) is 5.48 Å². The molecule has 1 N–H and O–H groups in total. The minimum absolute atomic E-state index is 0.269. The third kappa shape index (κ3) is 3.00. The van der Waals surface area contributed by atoms with Crippen LogP contribution < -0.4 is 5.48 Å². The van der Waals surface area contributed by atoms with E-state index in [4.69, 9.17) is 4.84 Å². The van der Waals surface area contributed by atoms with Crippen LogP contribution in [0.5, 0.6) is 0 Å². The van der Waals surface area contributed by atoms with E-state index >= 15 is 0 Å². The van der Waals surface area contributed by atoms with Crippen LogP contribution in [0.15, 0.2) is 18.2 Å². The molecule has 0 amide bonds. The van der Waals surface area contributed by atoms with Gasteiger partial charge in [0.15, 0.2) is 11.6 Å². The zero-order valence-corrected chi connectivity index (χ0v) is 9.01. The highest BCUT2D eigenvalue weighted by Crippen LogP contribution is 2.20. The maximum atomic E-state index is 12.9. The zero-order chi connectivity index (χ0) is 11.4. The molecule has 0 radical (unpaired) electrons. The van der Waals surface area contributed by atoms with Gasteiger partial charge in [0, 0.05) is 6.54 Å². The molecule has 1 aliphatic rings. The lowest BCUT2D eigenvalue weighted by Crippen LogP contribution is -2.21. The molecule has 0 bridgehead atoms. The predicted molar refractivity (Wildman–Crippen MR) is 56.5 cm³/mol. The lowest BCUT2D eigenvalue weighted by molar-refractivity contribution is -0.0244. The first-order chi connectivity index (χ1) is 7.75. The standard InChI is InChI=1S/C12H15F2NO/c13-11-6-5-9(7-12(11)14)8-15-16-10-3-1-2-4-10/h5-7,10,15H,1-4,8H2. The van der Waals surface area contributed by atoms with Crippen molar-refractivity contribution in [2.24, 2.45) is 0 Å². The van der Waals surface area contributed by atoms with E-state index in [1.54, 1.807) is 6.07 Å². The van der Waals surface area contributed by atoms with Crippen LogP contribution in [0, 0.1) is 11.6 Å². The number of hydrogen-bond donors (Lipinski definition) is 1. The van der Waals surface area contributed by atoms with E-state index in [1.165, 1.54) is 18.9 Å². The minimum atomic E-state index is -0.819. The Balaban J connectivity index is 1.78. The molecule has 1 saturated carbocycles. The molecule has 1 aromatic rings. The first-order valence-corrected chi connectivity index (χ1v) is 5.58. The van der Waals surface area contributed by atoms with Crippen LogP contribution in [0.4, 0.5) is 8.78 Å². The molecule has 1 aromatic carbocycles. The van der Waals surface area contributed by atoms with Crippen molar-refractivity contribution < 1.29 is 13.6 Å². The number of nitrogens with one attached hydrogen (secondary N) is 1. The predicted octanol–water partition coefficient (Wildman–Crippen LogP) is 2.93. The van der Waals surface area contributed by atoms with Gasteiger partial charge in [-0.2, -0.15) is 5.48 Å². The third-order valence-corrected chi connectivity index (χ3v) is 2.81. The second-order valence-corrected chi connectivity index (χ2v) is 4.09. The van der Waals surface area contributed by atoms with Crippen LogP contribution in [-0.2, 0) is 11.4 Å². The van der Waals surface area contributed by atoms with Gasteiger partial charge in [0.05, 0.1) is 6.10 Å². The van der Waals surface area contributed by atoms with Crippen LogP contribution in [-0.4, -0.2) is 6.10 Å². The molecule has 0 heterocycles. The van der Waals surface area contributed by atoms with Crippen LogP contribution in [0.1, 0.15) is 31.2 Å². The van der Waals surface area contributed by atoms with Crippen LogP contribution >= 0.6 is 0 Å². The maximum absolute atomic E-state index is 12.9. The van der Waals surface area contributed by atoms with E-state index in [0.29, 0.717) is 12.1 Å². The summed E-state index contributed by atoms with van der Waals surface area (Å²) < 4.78 is 25.5. The number of hydroxylamine groups is 1. The topological polar surface area (TPSA) is 21.3 Å². The number of rotatable bonds is 4. The van der Waals surface area contributed by atoms with E-state index in [9.17, 15) is 8.78 Å². The van der Waals surface area contributed by atoms with Gasteiger partial charge in [-0.05, 0) is 30.5 Å².